The maximum absolute atomic E-state index is 13.0. The van der Waals surface area contributed by atoms with Gasteiger partial charge in [-0.15, -0.1) is 11.3 Å². The lowest BCUT2D eigenvalue weighted by Crippen LogP contribution is -2.48. The van der Waals surface area contributed by atoms with Crippen molar-refractivity contribution in [3.63, 3.8) is 0 Å². The summed E-state index contributed by atoms with van der Waals surface area (Å²) >= 11 is 1.56. The Labute approximate surface area is 150 Å². The standard InChI is InChI=1S/C19H19N3O2S/c23-19(18-11-14-3-1-2-4-17(14)25-18)22-9-10-24-13-16(22)6-5-15-12-20-7-8-21-15/h1-4,7-8,11-12,16H,5-6,9-10,13H2. The molecule has 0 saturated carbocycles. The highest BCUT2D eigenvalue weighted by molar-refractivity contribution is 7.20. The number of fused-ring (bicyclic) bond motifs is 1. The Morgan fingerprint density at radius 2 is 2.24 bits per heavy atom. The highest BCUT2D eigenvalue weighted by Crippen LogP contribution is 2.27. The zero-order valence-electron chi connectivity index (χ0n) is 13.8. The van der Waals surface area contributed by atoms with E-state index in [4.69, 9.17) is 4.74 Å². The zero-order chi connectivity index (χ0) is 17.1. The number of thiophene rings is 1. The molecule has 1 unspecified atom stereocenters. The van der Waals surface area contributed by atoms with Crippen molar-refractivity contribution >= 4 is 27.3 Å². The van der Waals surface area contributed by atoms with E-state index in [1.807, 2.05) is 29.2 Å². The van der Waals surface area contributed by atoms with Gasteiger partial charge in [0.15, 0.2) is 0 Å². The predicted octanol–water partition coefficient (Wildman–Crippen LogP) is 3.17. The summed E-state index contributed by atoms with van der Waals surface area (Å²) in [5.74, 6) is 0.105. The zero-order valence-corrected chi connectivity index (χ0v) is 14.6. The molecule has 0 aliphatic carbocycles. The molecule has 1 aromatic carbocycles. The van der Waals surface area contributed by atoms with E-state index < -0.39 is 0 Å². The number of benzene rings is 1. The van der Waals surface area contributed by atoms with Gasteiger partial charge >= 0.3 is 0 Å². The van der Waals surface area contributed by atoms with Crippen LogP contribution in [0.25, 0.3) is 10.1 Å². The molecule has 1 fully saturated rings. The number of carbonyl (C=O) groups excluding carboxylic acids is 1. The number of hydrogen-bond acceptors (Lipinski definition) is 5. The van der Waals surface area contributed by atoms with Crippen molar-refractivity contribution in [1.82, 2.24) is 14.9 Å². The van der Waals surface area contributed by atoms with Crippen LogP contribution in [0.4, 0.5) is 0 Å². The number of amides is 1. The van der Waals surface area contributed by atoms with Gasteiger partial charge in [-0.2, -0.15) is 0 Å². The molecule has 25 heavy (non-hydrogen) atoms. The number of aryl methyl sites for hydroxylation is 1. The maximum Gasteiger partial charge on any atom is 0.264 e. The predicted molar refractivity (Wildman–Crippen MR) is 97.8 cm³/mol. The van der Waals surface area contributed by atoms with E-state index in [0.29, 0.717) is 19.8 Å². The molecule has 1 aliphatic heterocycles. The molecule has 3 aromatic rings. The third-order valence-corrected chi connectivity index (χ3v) is 5.58. The van der Waals surface area contributed by atoms with E-state index in [9.17, 15) is 4.79 Å². The SMILES string of the molecule is O=C(c1cc2ccccc2s1)N1CCOCC1CCc1cnccn1. The minimum Gasteiger partial charge on any atom is -0.377 e. The fourth-order valence-electron chi connectivity index (χ4n) is 3.16. The van der Waals surface area contributed by atoms with Crippen LogP contribution >= 0.6 is 11.3 Å². The van der Waals surface area contributed by atoms with Gasteiger partial charge in [-0.25, -0.2) is 0 Å². The van der Waals surface area contributed by atoms with E-state index in [0.717, 1.165) is 33.5 Å². The van der Waals surface area contributed by atoms with Crippen LogP contribution in [0.15, 0.2) is 48.9 Å². The summed E-state index contributed by atoms with van der Waals surface area (Å²) in [6.45, 7) is 1.81. The normalized spacial score (nSPS) is 17.8. The van der Waals surface area contributed by atoms with Crippen molar-refractivity contribution in [1.29, 1.82) is 0 Å². The van der Waals surface area contributed by atoms with Gasteiger partial charge in [0.05, 0.1) is 29.8 Å². The number of ether oxygens (including phenoxy) is 1. The molecule has 0 radical (unpaired) electrons. The molecule has 4 rings (SSSR count). The van der Waals surface area contributed by atoms with Crippen molar-refractivity contribution in [2.75, 3.05) is 19.8 Å². The van der Waals surface area contributed by atoms with Gasteiger partial charge in [0.25, 0.3) is 5.91 Å². The van der Waals surface area contributed by atoms with Crippen LogP contribution < -0.4 is 0 Å². The number of rotatable bonds is 4. The number of aromatic nitrogens is 2. The molecule has 5 nitrogen and oxygen atoms in total. The third kappa shape index (κ3) is 3.55. The van der Waals surface area contributed by atoms with E-state index >= 15 is 0 Å². The minimum absolute atomic E-state index is 0.0773. The molecule has 0 N–H and O–H groups in total. The van der Waals surface area contributed by atoms with Gasteiger partial charge in [0.2, 0.25) is 0 Å². The van der Waals surface area contributed by atoms with Gasteiger partial charge in [-0.05, 0) is 30.4 Å². The van der Waals surface area contributed by atoms with E-state index in [1.54, 1.807) is 29.9 Å². The average Bonchev–Trinajstić information content (AvgIpc) is 3.11. The summed E-state index contributed by atoms with van der Waals surface area (Å²) < 4.78 is 6.77. The average molecular weight is 353 g/mol. The number of nitrogens with zero attached hydrogens (tertiary/aromatic N) is 3. The summed E-state index contributed by atoms with van der Waals surface area (Å²) in [5.41, 5.74) is 0.947. The Morgan fingerprint density at radius 1 is 1.32 bits per heavy atom. The van der Waals surface area contributed by atoms with Crippen LogP contribution in [0.5, 0.6) is 0 Å². The maximum atomic E-state index is 13.0. The lowest BCUT2D eigenvalue weighted by Gasteiger charge is -2.35. The van der Waals surface area contributed by atoms with Gasteiger partial charge < -0.3 is 9.64 Å². The Kier molecular flexibility index (Phi) is 4.72. The summed E-state index contributed by atoms with van der Waals surface area (Å²) in [4.78, 5) is 24.2. The molecule has 0 bridgehead atoms. The van der Waals surface area contributed by atoms with Crippen molar-refractivity contribution in [3.05, 3.63) is 59.5 Å². The van der Waals surface area contributed by atoms with Gasteiger partial charge in [0, 0.05) is 29.8 Å². The van der Waals surface area contributed by atoms with Crippen LogP contribution in [0.3, 0.4) is 0 Å². The first-order valence-corrected chi connectivity index (χ1v) is 9.25. The monoisotopic (exact) mass is 353 g/mol. The van der Waals surface area contributed by atoms with Crippen LogP contribution in [0, 0.1) is 0 Å². The second-order valence-electron chi connectivity index (χ2n) is 6.11. The fourth-order valence-corrected chi connectivity index (χ4v) is 4.18. The summed E-state index contributed by atoms with van der Waals surface area (Å²) in [6.07, 6.45) is 6.77. The van der Waals surface area contributed by atoms with Crippen LogP contribution in [0.2, 0.25) is 0 Å². The molecule has 2 aromatic heterocycles. The van der Waals surface area contributed by atoms with Crippen molar-refractivity contribution in [3.8, 4) is 0 Å². The second kappa shape index (κ2) is 7.29. The first kappa shape index (κ1) is 16.2. The molecule has 1 aliphatic rings. The summed E-state index contributed by atoms with van der Waals surface area (Å²) in [7, 11) is 0. The van der Waals surface area contributed by atoms with Crippen molar-refractivity contribution in [2.45, 2.75) is 18.9 Å². The van der Waals surface area contributed by atoms with Gasteiger partial charge in [0.1, 0.15) is 0 Å². The Bertz CT molecular complexity index is 832. The fraction of sp³-hybridized carbons (Fsp3) is 0.316. The van der Waals surface area contributed by atoms with E-state index in [1.165, 1.54) is 0 Å². The Balaban J connectivity index is 1.50. The topological polar surface area (TPSA) is 55.3 Å². The van der Waals surface area contributed by atoms with Crippen LogP contribution in [-0.2, 0) is 11.2 Å². The molecule has 1 saturated heterocycles. The van der Waals surface area contributed by atoms with E-state index in [2.05, 4.69) is 16.0 Å². The minimum atomic E-state index is 0.0773. The van der Waals surface area contributed by atoms with Gasteiger partial charge in [-0.3, -0.25) is 14.8 Å². The molecule has 1 atom stereocenters. The first-order valence-electron chi connectivity index (χ1n) is 8.43. The van der Waals surface area contributed by atoms with Crippen molar-refractivity contribution in [2.24, 2.45) is 0 Å². The largest absolute Gasteiger partial charge is 0.377 e. The molecular weight excluding hydrogens is 334 g/mol. The highest BCUT2D eigenvalue weighted by Gasteiger charge is 2.28. The smallest absolute Gasteiger partial charge is 0.264 e. The number of hydrogen-bond donors (Lipinski definition) is 0. The van der Waals surface area contributed by atoms with Gasteiger partial charge in [-0.1, -0.05) is 18.2 Å². The molecule has 128 valence electrons. The quantitative estimate of drug-likeness (QED) is 0.723. The lowest BCUT2D eigenvalue weighted by molar-refractivity contribution is -0.00386. The van der Waals surface area contributed by atoms with Crippen molar-refractivity contribution < 1.29 is 9.53 Å². The molecule has 6 heteroatoms. The number of morpholine rings is 1. The third-order valence-electron chi connectivity index (χ3n) is 4.48. The second-order valence-corrected chi connectivity index (χ2v) is 7.19. The Morgan fingerprint density at radius 3 is 3.08 bits per heavy atom. The highest BCUT2D eigenvalue weighted by atomic mass is 32.1. The molecular formula is C19H19N3O2S. The molecule has 3 heterocycles. The number of carbonyl (C=O) groups is 1. The summed E-state index contributed by atoms with van der Waals surface area (Å²) in [5, 5.41) is 1.13. The first-order chi connectivity index (χ1) is 12.3. The Hall–Kier alpha value is -2.31. The van der Waals surface area contributed by atoms with E-state index in [-0.39, 0.29) is 11.9 Å². The summed E-state index contributed by atoms with van der Waals surface area (Å²) in [6, 6.07) is 10.2. The lowest BCUT2D eigenvalue weighted by atomic mass is 10.1. The molecule has 0 spiro atoms. The van der Waals surface area contributed by atoms with Crippen LogP contribution in [0.1, 0.15) is 21.8 Å². The molecule has 1 amide bonds. The van der Waals surface area contributed by atoms with Crippen LogP contribution in [-0.4, -0.2) is 46.6 Å².